The summed E-state index contributed by atoms with van der Waals surface area (Å²) < 4.78 is 31.2. The zero-order chi connectivity index (χ0) is 13.9. The van der Waals surface area contributed by atoms with Crippen molar-refractivity contribution in [3.05, 3.63) is 23.3 Å². The molecule has 0 aliphatic heterocycles. The molecule has 0 heterocycles. The van der Waals surface area contributed by atoms with Gasteiger partial charge in [-0.05, 0) is 49.9 Å². The predicted octanol–water partition coefficient (Wildman–Crippen LogP) is 3.95. The Morgan fingerprint density at radius 3 is 2.44 bits per heavy atom. The summed E-state index contributed by atoms with van der Waals surface area (Å²) in [4.78, 5) is 0. The predicted molar refractivity (Wildman–Crippen MR) is 70.2 cm³/mol. The van der Waals surface area contributed by atoms with Crippen molar-refractivity contribution in [3.63, 3.8) is 0 Å². The average Bonchev–Trinajstić information content (AvgIpc) is 2.19. The van der Waals surface area contributed by atoms with E-state index in [1.165, 1.54) is 0 Å². The minimum atomic E-state index is -2.64. The molecule has 0 radical (unpaired) electrons. The largest absolute Gasteiger partial charge is 0.493 e. The lowest BCUT2D eigenvalue weighted by Gasteiger charge is -2.18. The molecule has 0 aliphatic carbocycles. The summed E-state index contributed by atoms with van der Waals surface area (Å²) in [5.74, 6) is -2.12. The lowest BCUT2D eigenvalue weighted by Crippen LogP contribution is -2.19. The van der Waals surface area contributed by atoms with Crippen LogP contribution in [-0.4, -0.2) is 12.5 Å². The van der Waals surface area contributed by atoms with Crippen LogP contribution >= 0.6 is 0 Å². The van der Waals surface area contributed by atoms with Crippen molar-refractivity contribution >= 4 is 5.69 Å². The molecule has 1 aromatic rings. The Hall–Kier alpha value is -1.32. The molecule has 1 unspecified atom stereocenters. The van der Waals surface area contributed by atoms with Crippen molar-refractivity contribution in [1.82, 2.24) is 0 Å². The zero-order valence-corrected chi connectivity index (χ0v) is 11.4. The number of aryl methyl sites for hydroxylation is 2. The van der Waals surface area contributed by atoms with Gasteiger partial charge in [-0.3, -0.25) is 0 Å². The monoisotopic (exact) mass is 257 g/mol. The molecule has 0 fully saturated rings. The molecule has 18 heavy (non-hydrogen) atoms. The first-order valence-corrected chi connectivity index (χ1v) is 6.06. The number of hydrogen-bond acceptors (Lipinski definition) is 2. The summed E-state index contributed by atoms with van der Waals surface area (Å²) in [6.45, 7) is 6.77. The van der Waals surface area contributed by atoms with Gasteiger partial charge in [0.05, 0.1) is 6.61 Å². The van der Waals surface area contributed by atoms with E-state index in [0.717, 1.165) is 18.1 Å². The van der Waals surface area contributed by atoms with E-state index in [9.17, 15) is 8.78 Å². The van der Waals surface area contributed by atoms with Crippen LogP contribution in [0.1, 0.15) is 31.4 Å². The Balaban J connectivity index is 2.61. The number of rotatable bonds is 5. The van der Waals surface area contributed by atoms with Crippen molar-refractivity contribution in [1.29, 1.82) is 0 Å². The normalized spacial score (nSPS) is 13.4. The first-order valence-electron chi connectivity index (χ1n) is 6.06. The first kappa shape index (κ1) is 14.7. The summed E-state index contributed by atoms with van der Waals surface area (Å²) in [6, 6.07) is 3.69. The smallest absolute Gasteiger partial charge is 0.245 e. The highest BCUT2D eigenvalue weighted by Crippen LogP contribution is 2.26. The maximum absolute atomic E-state index is 12.8. The van der Waals surface area contributed by atoms with E-state index in [1.54, 1.807) is 6.92 Å². The van der Waals surface area contributed by atoms with Gasteiger partial charge in [0.2, 0.25) is 5.92 Å². The van der Waals surface area contributed by atoms with Crippen molar-refractivity contribution < 1.29 is 13.5 Å². The van der Waals surface area contributed by atoms with E-state index >= 15 is 0 Å². The SMILES string of the molecule is Cc1cc(OCC(C)CC(C)(F)F)c(C)cc1N. The van der Waals surface area contributed by atoms with Crippen LogP contribution in [0, 0.1) is 19.8 Å². The summed E-state index contributed by atoms with van der Waals surface area (Å²) in [7, 11) is 0. The van der Waals surface area contributed by atoms with Crippen molar-refractivity contribution in [3.8, 4) is 5.75 Å². The lowest BCUT2D eigenvalue weighted by molar-refractivity contribution is -0.00716. The molecule has 1 rings (SSSR count). The third-order valence-electron chi connectivity index (χ3n) is 2.79. The molecule has 0 amide bonds. The fraction of sp³-hybridized carbons (Fsp3) is 0.571. The van der Waals surface area contributed by atoms with E-state index in [2.05, 4.69) is 0 Å². The average molecular weight is 257 g/mol. The van der Waals surface area contributed by atoms with Crippen LogP contribution in [0.25, 0.3) is 0 Å². The van der Waals surface area contributed by atoms with Gasteiger partial charge in [0, 0.05) is 12.1 Å². The van der Waals surface area contributed by atoms with Gasteiger partial charge >= 0.3 is 0 Å². The number of hydrogen-bond donors (Lipinski definition) is 1. The van der Waals surface area contributed by atoms with Crippen LogP contribution in [-0.2, 0) is 0 Å². The molecule has 0 aliphatic rings. The second kappa shape index (κ2) is 5.55. The Morgan fingerprint density at radius 2 is 1.89 bits per heavy atom. The molecule has 1 atom stereocenters. The van der Waals surface area contributed by atoms with E-state index in [1.807, 2.05) is 26.0 Å². The third kappa shape index (κ3) is 4.51. The Morgan fingerprint density at radius 1 is 1.28 bits per heavy atom. The molecule has 4 heteroatoms. The summed E-state index contributed by atoms with van der Waals surface area (Å²) in [5.41, 5.74) is 8.35. The molecule has 0 saturated carbocycles. The minimum Gasteiger partial charge on any atom is -0.493 e. The van der Waals surface area contributed by atoms with Gasteiger partial charge < -0.3 is 10.5 Å². The number of nitrogen functional groups attached to an aromatic ring is 1. The quantitative estimate of drug-likeness (QED) is 0.811. The van der Waals surface area contributed by atoms with Gasteiger partial charge in [0.25, 0.3) is 0 Å². The maximum atomic E-state index is 12.8. The van der Waals surface area contributed by atoms with Crippen molar-refractivity contribution in [2.24, 2.45) is 5.92 Å². The molecule has 0 aromatic heterocycles. The summed E-state index contributed by atoms with van der Waals surface area (Å²) >= 11 is 0. The highest BCUT2D eigenvalue weighted by atomic mass is 19.3. The molecule has 1 aromatic carbocycles. The molecule has 0 saturated heterocycles. The van der Waals surface area contributed by atoms with Gasteiger partial charge in [-0.25, -0.2) is 8.78 Å². The Kier molecular flexibility index (Phi) is 4.54. The van der Waals surface area contributed by atoms with Crippen LogP contribution in [0.2, 0.25) is 0 Å². The summed E-state index contributed by atoms with van der Waals surface area (Å²) in [6.07, 6.45) is -0.167. The third-order valence-corrected chi connectivity index (χ3v) is 2.79. The van der Waals surface area contributed by atoms with Gasteiger partial charge in [-0.15, -0.1) is 0 Å². The molecule has 102 valence electrons. The maximum Gasteiger partial charge on any atom is 0.245 e. The van der Waals surface area contributed by atoms with Crippen LogP contribution in [0.3, 0.4) is 0 Å². The van der Waals surface area contributed by atoms with Gasteiger partial charge in [-0.2, -0.15) is 0 Å². The standard InChI is InChI=1S/C14H21F2NO/c1-9(7-14(4,15)16)8-18-13-6-10(2)12(17)5-11(13)3/h5-6,9H,7-8,17H2,1-4H3. The fourth-order valence-electron chi connectivity index (χ4n) is 1.87. The molecular formula is C14H21F2NO. The molecule has 2 N–H and O–H groups in total. The number of nitrogens with two attached hydrogens (primary N) is 1. The minimum absolute atomic E-state index is 0.167. The Bertz CT molecular complexity index is 413. The Labute approximate surface area is 107 Å². The first-order chi connectivity index (χ1) is 8.19. The van der Waals surface area contributed by atoms with Crippen LogP contribution in [0.4, 0.5) is 14.5 Å². The topological polar surface area (TPSA) is 35.2 Å². The zero-order valence-electron chi connectivity index (χ0n) is 11.4. The highest BCUT2D eigenvalue weighted by molar-refractivity contribution is 5.53. The number of benzene rings is 1. The lowest BCUT2D eigenvalue weighted by atomic mass is 10.1. The van der Waals surface area contributed by atoms with E-state index in [4.69, 9.17) is 10.5 Å². The van der Waals surface area contributed by atoms with E-state index < -0.39 is 5.92 Å². The van der Waals surface area contributed by atoms with Crippen LogP contribution in [0.5, 0.6) is 5.75 Å². The number of ether oxygens (including phenoxy) is 1. The van der Waals surface area contributed by atoms with Crippen molar-refractivity contribution in [2.45, 2.75) is 40.0 Å². The second-order valence-corrected chi connectivity index (χ2v) is 5.16. The number of alkyl halides is 2. The molecule has 0 bridgehead atoms. The summed E-state index contributed by atoms with van der Waals surface area (Å²) in [5, 5.41) is 0. The van der Waals surface area contributed by atoms with Gasteiger partial charge in [0.1, 0.15) is 5.75 Å². The van der Waals surface area contributed by atoms with Crippen LogP contribution in [0.15, 0.2) is 12.1 Å². The highest BCUT2D eigenvalue weighted by Gasteiger charge is 2.24. The van der Waals surface area contributed by atoms with Crippen molar-refractivity contribution in [2.75, 3.05) is 12.3 Å². The van der Waals surface area contributed by atoms with E-state index in [0.29, 0.717) is 11.4 Å². The molecular weight excluding hydrogens is 236 g/mol. The fourth-order valence-corrected chi connectivity index (χ4v) is 1.87. The molecule has 0 spiro atoms. The van der Waals surface area contributed by atoms with Gasteiger partial charge in [-0.1, -0.05) is 6.92 Å². The van der Waals surface area contributed by atoms with Crippen LogP contribution < -0.4 is 10.5 Å². The number of anilines is 1. The second-order valence-electron chi connectivity index (χ2n) is 5.16. The van der Waals surface area contributed by atoms with Gasteiger partial charge in [0.15, 0.2) is 0 Å². The van der Waals surface area contributed by atoms with E-state index in [-0.39, 0.29) is 18.9 Å². The number of halogens is 2. The molecule has 2 nitrogen and oxygen atoms in total.